The number of carbonyl (C=O) groups is 1. The van der Waals surface area contributed by atoms with Gasteiger partial charge >= 0.3 is 0 Å². The van der Waals surface area contributed by atoms with Gasteiger partial charge in [-0.15, -0.1) is 0 Å². The predicted molar refractivity (Wildman–Crippen MR) is 85.5 cm³/mol. The summed E-state index contributed by atoms with van der Waals surface area (Å²) in [5.41, 5.74) is 0.800. The van der Waals surface area contributed by atoms with Crippen LogP contribution in [0.4, 0.5) is 0 Å². The topological polar surface area (TPSA) is 66.5 Å². The van der Waals surface area contributed by atoms with Crippen molar-refractivity contribution in [3.63, 3.8) is 0 Å². The van der Waals surface area contributed by atoms with Gasteiger partial charge in [0.2, 0.25) is 15.9 Å². The van der Waals surface area contributed by atoms with Gasteiger partial charge in [-0.25, -0.2) is 8.42 Å². The summed E-state index contributed by atoms with van der Waals surface area (Å²) in [5.74, 6) is -0.244. The van der Waals surface area contributed by atoms with Crippen LogP contribution in [-0.4, -0.2) is 43.5 Å². The van der Waals surface area contributed by atoms with Crippen LogP contribution in [0.5, 0.6) is 0 Å². The molecule has 0 saturated carbocycles. The summed E-state index contributed by atoms with van der Waals surface area (Å²) in [5, 5.41) is 2.82. The second-order valence-electron chi connectivity index (χ2n) is 6.65. The maximum atomic E-state index is 12.0. The Bertz CT molecular complexity index is 490. The Morgan fingerprint density at radius 1 is 1.33 bits per heavy atom. The molecule has 122 valence electrons. The van der Waals surface area contributed by atoms with Gasteiger partial charge in [-0.2, -0.15) is 4.31 Å². The lowest BCUT2D eigenvalue weighted by Crippen LogP contribution is -2.50. The van der Waals surface area contributed by atoms with E-state index < -0.39 is 15.6 Å². The quantitative estimate of drug-likeness (QED) is 0.763. The summed E-state index contributed by atoms with van der Waals surface area (Å²) in [6, 6.07) is 0. The second kappa shape index (κ2) is 7.40. The minimum Gasteiger partial charge on any atom is -0.355 e. The number of allylic oxidation sites excluding steroid dienone is 1. The normalized spacial score (nSPS) is 16.7. The Kier molecular flexibility index (Phi) is 6.41. The lowest BCUT2D eigenvalue weighted by atomic mass is 9.97. The molecule has 0 bridgehead atoms. The van der Waals surface area contributed by atoms with Crippen molar-refractivity contribution in [3.05, 3.63) is 11.6 Å². The minimum atomic E-state index is -3.40. The van der Waals surface area contributed by atoms with Crippen LogP contribution in [0.25, 0.3) is 0 Å². The molecule has 0 heterocycles. The molecule has 0 spiro atoms. The van der Waals surface area contributed by atoms with E-state index in [1.165, 1.54) is 22.7 Å². The van der Waals surface area contributed by atoms with Crippen molar-refractivity contribution in [2.24, 2.45) is 0 Å². The maximum absolute atomic E-state index is 12.0. The van der Waals surface area contributed by atoms with Gasteiger partial charge in [0.15, 0.2) is 0 Å². The van der Waals surface area contributed by atoms with Crippen LogP contribution in [0.1, 0.15) is 52.9 Å². The molecule has 0 atom stereocenters. The molecule has 0 unspecified atom stereocenters. The fraction of sp³-hybridized carbons (Fsp3) is 0.800. The predicted octanol–water partition coefficient (Wildman–Crippen LogP) is 2.05. The van der Waals surface area contributed by atoms with Crippen molar-refractivity contribution in [2.45, 2.75) is 58.4 Å². The smallest absolute Gasteiger partial charge is 0.235 e. The zero-order chi connectivity index (χ0) is 16.1. The fourth-order valence-electron chi connectivity index (χ4n) is 2.53. The number of nitrogens with zero attached hydrogens (tertiary/aromatic N) is 1. The monoisotopic (exact) mass is 316 g/mol. The Labute approximate surface area is 128 Å². The summed E-state index contributed by atoms with van der Waals surface area (Å²) in [7, 11) is -3.40. The number of carbonyl (C=O) groups excluding carboxylic acids is 1. The van der Waals surface area contributed by atoms with E-state index >= 15 is 0 Å². The first-order chi connectivity index (χ1) is 9.60. The van der Waals surface area contributed by atoms with Crippen molar-refractivity contribution < 1.29 is 13.2 Å². The molecule has 1 aliphatic rings. The van der Waals surface area contributed by atoms with Crippen LogP contribution in [0, 0.1) is 0 Å². The van der Waals surface area contributed by atoms with Crippen LogP contribution in [-0.2, 0) is 14.8 Å². The van der Waals surface area contributed by atoms with Crippen molar-refractivity contribution in [3.8, 4) is 0 Å². The lowest BCUT2D eigenvalue weighted by Gasteiger charge is -2.32. The van der Waals surface area contributed by atoms with Crippen molar-refractivity contribution in [1.82, 2.24) is 9.62 Å². The van der Waals surface area contributed by atoms with Gasteiger partial charge in [0.05, 0.1) is 12.8 Å². The SMILES string of the molecule is CC(C)(C)N(CC(=O)NCCC1=CCCCC1)S(C)(=O)=O. The molecule has 0 saturated heterocycles. The highest BCUT2D eigenvalue weighted by Crippen LogP contribution is 2.19. The molecule has 0 aromatic rings. The average molecular weight is 316 g/mol. The number of hydrogen-bond acceptors (Lipinski definition) is 3. The Morgan fingerprint density at radius 3 is 2.48 bits per heavy atom. The lowest BCUT2D eigenvalue weighted by molar-refractivity contribution is -0.121. The Hall–Kier alpha value is -0.880. The summed E-state index contributed by atoms with van der Waals surface area (Å²) < 4.78 is 24.8. The van der Waals surface area contributed by atoms with Crippen LogP contribution >= 0.6 is 0 Å². The molecule has 1 aliphatic carbocycles. The Balaban J connectivity index is 2.46. The largest absolute Gasteiger partial charge is 0.355 e. The number of amides is 1. The van der Waals surface area contributed by atoms with Gasteiger partial charge < -0.3 is 5.32 Å². The van der Waals surface area contributed by atoms with Crippen molar-refractivity contribution in [2.75, 3.05) is 19.3 Å². The van der Waals surface area contributed by atoms with Crippen molar-refractivity contribution in [1.29, 1.82) is 0 Å². The number of hydrogen-bond donors (Lipinski definition) is 1. The molecule has 0 aromatic carbocycles. The van der Waals surface area contributed by atoms with E-state index in [1.807, 2.05) is 0 Å². The maximum Gasteiger partial charge on any atom is 0.235 e. The zero-order valence-electron chi connectivity index (χ0n) is 13.6. The molecule has 5 nitrogen and oxygen atoms in total. The highest BCUT2D eigenvalue weighted by Gasteiger charge is 2.31. The zero-order valence-corrected chi connectivity index (χ0v) is 14.4. The molecule has 21 heavy (non-hydrogen) atoms. The minimum absolute atomic E-state index is 0.124. The number of nitrogens with one attached hydrogen (secondary N) is 1. The van der Waals surface area contributed by atoms with E-state index in [0.717, 1.165) is 25.5 Å². The summed E-state index contributed by atoms with van der Waals surface area (Å²) >= 11 is 0. The molecule has 0 aromatic heterocycles. The van der Waals surface area contributed by atoms with Crippen LogP contribution in [0.3, 0.4) is 0 Å². The Morgan fingerprint density at radius 2 is 2.00 bits per heavy atom. The van der Waals surface area contributed by atoms with Gasteiger partial charge in [-0.05, 0) is 52.9 Å². The van der Waals surface area contributed by atoms with E-state index in [4.69, 9.17) is 0 Å². The van der Waals surface area contributed by atoms with Crippen LogP contribution in [0.2, 0.25) is 0 Å². The molecular weight excluding hydrogens is 288 g/mol. The first kappa shape index (κ1) is 18.2. The summed E-state index contributed by atoms with van der Waals surface area (Å²) in [6.07, 6.45) is 8.99. The van der Waals surface area contributed by atoms with Gasteiger partial charge in [0.25, 0.3) is 0 Å². The average Bonchev–Trinajstić information content (AvgIpc) is 2.34. The van der Waals surface area contributed by atoms with E-state index in [2.05, 4.69) is 11.4 Å². The van der Waals surface area contributed by atoms with Crippen LogP contribution < -0.4 is 5.32 Å². The third-order valence-electron chi connectivity index (χ3n) is 3.59. The summed E-state index contributed by atoms with van der Waals surface area (Å²) in [6.45, 7) is 5.81. The number of rotatable bonds is 6. The summed E-state index contributed by atoms with van der Waals surface area (Å²) in [4.78, 5) is 12.0. The number of sulfonamides is 1. The molecule has 1 amide bonds. The fourth-order valence-corrected chi connectivity index (χ4v) is 3.88. The molecule has 0 fully saturated rings. The van der Waals surface area contributed by atoms with E-state index in [1.54, 1.807) is 20.8 Å². The van der Waals surface area contributed by atoms with Gasteiger partial charge in [0.1, 0.15) is 0 Å². The van der Waals surface area contributed by atoms with Crippen LogP contribution in [0.15, 0.2) is 11.6 Å². The standard InChI is InChI=1S/C15H28N2O3S/c1-15(2,3)17(21(4,19)20)12-14(18)16-11-10-13-8-6-5-7-9-13/h8H,5-7,9-12H2,1-4H3,(H,16,18). The van der Waals surface area contributed by atoms with E-state index in [-0.39, 0.29) is 12.5 Å². The molecule has 1 rings (SSSR count). The highest BCUT2D eigenvalue weighted by atomic mass is 32.2. The van der Waals surface area contributed by atoms with Gasteiger partial charge in [-0.3, -0.25) is 4.79 Å². The third-order valence-corrected chi connectivity index (χ3v) is 5.07. The molecular formula is C15H28N2O3S. The van der Waals surface area contributed by atoms with Gasteiger partial charge in [-0.1, -0.05) is 11.6 Å². The first-order valence-corrected chi connectivity index (χ1v) is 9.38. The van der Waals surface area contributed by atoms with E-state index in [9.17, 15) is 13.2 Å². The van der Waals surface area contributed by atoms with Crippen molar-refractivity contribution >= 4 is 15.9 Å². The highest BCUT2D eigenvalue weighted by molar-refractivity contribution is 7.88. The molecule has 1 N–H and O–H groups in total. The molecule has 0 aliphatic heterocycles. The van der Waals surface area contributed by atoms with Gasteiger partial charge in [0, 0.05) is 12.1 Å². The molecule has 6 heteroatoms. The second-order valence-corrected chi connectivity index (χ2v) is 8.56. The van der Waals surface area contributed by atoms with E-state index in [0.29, 0.717) is 6.54 Å². The third kappa shape index (κ3) is 6.61. The molecule has 0 radical (unpaired) electrons. The first-order valence-electron chi connectivity index (χ1n) is 7.53.